The lowest BCUT2D eigenvalue weighted by molar-refractivity contribution is -0.152. The number of carbonyl (C=O) groups is 2. The highest BCUT2D eigenvalue weighted by Gasteiger charge is 2.24. The van der Waals surface area contributed by atoms with Crippen molar-refractivity contribution in [1.82, 2.24) is 0 Å². The zero-order valence-electron chi connectivity index (χ0n) is 6.59. The summed E-state index contributed by atoms with van der Waals surface area (Å²) in [4.78, 5) is 21.6. The number of esters is 1. The molecule has 1 aliphatic rings. The largest absolute Gasteiger partial charge is 0.455 e. The fraction of sp³-hybridized carbons (Fsp3) is 0.500. The van der Waals surface area contributed by atoms with Crippen molar-refractivity contribution in [2.75, 3.05) is 0 Å². The van der Waals surface area contributed by atoms with Gasteiger partial charge in [0, 0.05) is 0 Å². The number of cyclic esters (lactones) is 1. The molecule has 60 valence electrons. The van der Waals surface area contributed by atoms with Crippen LogP contribution >= 0.6 is 0 Å². The predicted molar refractivity (Wildman–Crippen MR) is 38.9 cm³/mol. The SMILES string of the molecule is CC1(C)C=CC(=O)CC(=O)O1. The first-order valence-electron chi connectivity index (χ1n) is 3.43. The minimum absolute atomic E-state index is 0.139. The van der Waals surface area contributed by atoms with E-state index >= 15 is 0 Å². The number of carbonyl (C=O) groups excluding carboxylic acids is 2. The summed E-state index contributed by atoms with van der Waals surface area (Å²) in [5, 5.41) is 0. The van der Waals surface area contributed by atoms with Crippen LogP contribution in [0, 0.1) is 0 Å². The maximum absolute atomic E-state index is 10.8. The highest BCUT2D eigenvalue weighted by molar-refractivity contribution is 6.02. The molecule has 1 aliphatic heterocycles. The summed E-state index contributed by atoms with van der Waals surface area (Å²) in [5.41, 5.74) is -0.636. The third kappa shape index (κ3) is 2.18. The highest BCUT2D eigenvalue weighted by Crippen LogP contribution is 2.15. The first-order valence-corrected chi connectivity index (χ1v) is 3.43. The van der Waals surface area contributed by atoms with Gasteiger partial charge in [0.05, 0.1) is 0 Å². The Bertz CT molecular complexity index is 225. The van der Waals surface area contributed by atoms with Crippen LogP contribution < -0.4 is 0 Å². The van der Waals surface area contributed by atoms with Crippen LogP contribution in [0.15, 0.2) is 12.2 Å². The molecule has 0 amide bonds. The topological polar surface area (TPSA) is 43.4 Å². The summed E-state index contributed by atoms with van der Waals surface area (Å²) in [7, 11) is 0. The van der Waals surface area contributed by atoms with E-state index in [0.29, 0.717) is 0 Å². The molecular weight excluding hydrogens is 144 g/mol. The first kappa shape index (κ1) is 7.98. The van der Waals surface area contributed by atoms with Gasteiger partial charge in [-0.05, 0) is 26.0 Å². The number of ketones is 1. The van der Waals surface area contributed by atoms with Crippen molar-refractivity contribution in [3.05, 3.63) is 12.2 Å². The molecule has 0 spiro atoms. The monoisotopic (exact) mass is 154 g/mol. The van der Waals surface area contributed by atoms with E-state index in [9.17, 15) is 9.59 Å². The van der Waals surface area contributed by atoms with Crippen LogP contribution in [-0.4, -0.2) is 17.4 Å². The number of hydrogen-bond acceptors (Lipinski definition) is 3. The quantitative estimate of drug-likeness (QED) is 0.383. The van der Waals surface area contributed by atoms with Crippen LogP contribution in [0.4, 0.5) is 0 Å². The second-order valence-corrected chi connectivity index (χ2v) is 3.05. The van der Waals surface area contributed by atoms with E-state index in [2.05, 4.69) is 0 Å². The summed E-state index contributed by atoms with van der Waals surface area (Å²) < 4.78 is 4.92. The van der Waals surface area contributed by atoms with Crippen LogP contribution in [0.3, 0.4) is 0 Å². The Morgan fingerprint density at radius 1 is 1.45 bits per heavy atom. The maximum Gasteiger partial charge on any atom is 0.314 e. The first-order chi connectivity index (χ1) is 4.99. The minimum Gasteiger partial charge on any atom is -0.455 e. The van der Waals surface area contributed by atoms with Crippen LogP contribution in [0.1, 0.15) is 20.3 Å². The maximum atomic E-state index is 10.8. The molecule has 0 bridgehead atoms. The molecule has 0 aromatic carbocycles. The Balaban J connectivity index is 2.84. The molecule has 1 rings (SSSR count). The molecule has 0 fully saturated rings. The summed E-state index contributed by atoms with van der Waals surface area (Å²) in [5.74, 6) is -0.648. The van der Waals surface area contributed by atoms with Gasteiger partial charge in [-0.3, -0.25) is 9.59 Å². The van der Waals surface area contributed by atoms with Crippen molar-refractivity contribution in [3.63, 3.8) is 0 Å². The van der Waals surface area contributed by atoms with E-state index in [-0.39, 0.29) is 12.2 Å². The molecule has 0 saturated heterocycles. The molecule has 0 saturated carbocycles. The number of hydrogen-bond donors (Lipinski definition) is 0. The van der Waals surface area contributed by atoms with E-state index in [1.165, 1.54) is 6.08 Å². The molecular formula is C8H10O3. The Kier molecular flexibility index (Phi) is 1.81. The van der Waals surface area contributed by atoms with Gasteiger partial charge in [-0.1, -0.05) is 0 Å². The van der Waals surface area contributed by atoms with Gasteiger partial charge in [0.15, 0.2) is 5.78 Å². The van der Waals surface area contributed by atoms with Gasteiger partial charge in [-0.2, -0.15) is 0 Å². The van der Waals surface area contributed by atoms with Gasteiger partial charge < -0.3 is 4.74 Å². The average Bonchev–Trinajstić information content (AvgIpc) is 1.90. The van der Waals surface area contributed by atoms with Crippen LogP contribution in [-0.2, 0) is 14.3 Å². The van der Waals surface area contributed by atoms with Gasteiger partial charge in [-0.25, -0.2) is 0 Å². The lowest BCUT2D eigenvalue weighted by Gasteiger charge is -2.18. The van der Waals surface area contributed by atoms with Crippen LogP contribution in [0.25, 0.3) is 0 Å². The van der Waals surface area contributed by atoms with E-state index in [1.807, 2.05) is 0 Å². The lowest BCUT2D eigenvalue weighted by Crippen LogP contribution is -2.23. The smallest absolute Gasteiger partial charge is 0.314 e. The Hall–Kier alpha value is -1.12. The minimum atomic E-state index is -0.636. The van der Waals surface area contributed by atoms with Crippen molar-refractivity contribution < 1.29 is 14.3 Å². The summed E-state index contributed by atoms with van der Waals surface area (Å²) in [6, 6.07) is 0. The second-order valence-electron chi connectivity index (χ2n) is 3.05. The Labute approximate surface area is 65.0 Å². The molecule has 0 aromatic heterocycles. The van der Waals surface area contributed by atoms with E-state index in [4.69, 9.17) is 4.74 Å². The molecule has 0 radical (unpaired) electrons. The third-order valence-corrected chi connectivity index (χ3v) is 1.37. The summed E-state index contributed by atoms with van der Waals surface area (Å²) in [6.07, 6.45) is 2.85. The van der Waals surface area contributed by atoms with Crippen molar-refractivity contribution in [2.45, 2.75) is 25.9 Å². The predicted octanol–water partition coefficient (Wildman–Crippen LogP) is 0.837. The van der Waals surface area contributed by atoms with Crippen LogP contribution in [0.5, 0.6) is 0 Å². The fourth-order valence-corrected chi connectivity index (χ4v) is 0.858. The van der Waals surface area contributed by atoms with Gasteiger partial charge >= 0.3 is 5.97 Å². The molecule has 0 atom stereocenters. The van der Waals surface area contributed by atoms with Gasteiger partial charge in [0.2, 0.25) is 0 Å². The zero-order valence-corrected chi connectivity index (χ0v) is 6.59. The third-order valence-electron chi connectivity index (χ3n) is 1.37. The van der Waals surface area contributed by atoms with Crippen LogP contribution in [0.2, 0.25) is 0 Å². The highest BCUT2D eigenvalue weighted by atomic mass is 16.6. The van der Waals surface area contributed by atoms with Crippen molar-refractivity contribution in [2.24, 2.45) is 0 Å². The standard InChI is InChI=1S/C8H10O3/c1-8(2)4-3-6(9)5-7(10)11-8/h3-4H,5H2,1-2H3. The van der Waals surface area contributed by atoms with Crippen molar-refractivity contribution in [1.29, 1.82) is 0 Å². The van der Waals surface area contributed by atoms with Gasteiger partial charge in [0.25, 0.3) is 0 Å². The zero-order chi connectivity index (χ0) is 8.48. The lowest BCUT2D eigenvalue weighted by atomic mass is 10.1. The Morgan fingerprint density at radius 2 is 2.09 bits per heavy atom. The van der Waals surface area contributed by atoms with Gasteiger partial charge in [0.1, 0.15) is 12.0 Å². The van der Waals surface area contributed by atoms with Crippen molar-refractivity contribution >= 4 is 11.8 Å². The summed E-state index contributed by atoms with van der Waals surface area (Å²) in [6.45, 7) is 3.47. The number of allylic oxidation sites excluding steroid dienone is 1. The average molecular weight is 154 g/mol. The van der Waals surface area contributed by atoms with Gasteiger partial charge in [-0.15, -0.1) is 0 Å². The molecule has 3 heteroatoms. The second kappa shape index (κ2) is 2.49. The molecule has 0 unspecified atom stereocenters. The number of ether oxygens (including phenoxy) is 1. The molecule has 3 nitrogen and oxygen atoms in total. The molecule has 1 heterocycles. The van der Waals surface area contributed by atoms with E-state index < -0.39 is 11.6 Å². The molecule has 0 aliphatic carbocycles. The number of rotatable bonds is 0. The van der Waals surface area contributed by atoms with E-state index in [0.717, 1.165) is 0 Å². The van der Waals surface area contributed by atoms with E-state index in [1.54, 1.807) is 19.9 Å². The Morgan fingerprint density at radius 3 is 2.73 bits per heavy atom. The van der Waals surface area contributed by atoms with Crippen molar-refractivity contribution in [3.8, 4) is 0 Å². The molecule has 0 N–H and O–H groups in total. The summed E-state index contributed by atoms with van der Waals surface area (Å²) >= 11 is 0. The normalized spacial score (nSPS) is 22.7. The molecule has 11 heavy (non-hydrogen) atoms. The fourth-order valence-electron chi connectivity index (χ4n) is 0.858. The molecule has 0 aromatic rings.